The Labute approximate surface area is 575 Å². The summed E-state index contributed by atoms with van der Waals surface area (Å²) in [5.74, 6) is 0.152. The van der Waals surface area contributed by atoms with E-state index in [9.17, 15) is 43.2 Å². The second-order valence-corrected chi connectivity index (χ2v) is 31.4. The zero-order valence-corrected chi connectivity index (χ0v) is 63.2. The third-order valence-electron chi connectivity index (χ3n) is 17.4. The SMILES string of the molecule is CCCCCCCCCCCCCCCCCC(=O)O[C@H](COC(=O)CCCCCCCCCCCCC(C)C)COP(=O)(O)OC[C@@H](O)COP(=O)(O)OC[C@@H](COC(=O)CCCCCCCCCCCCC(C)C)OC(=O)CCCCCCCCCCCCC(C)C. The molecule has 558 valence electrons. The number of aliphatic hydroxyl groups is 1. The van der Waals surface area contributed by atoms with E-state index in [1.165, 1.54) is 193 Å². The van der Waals surface area contributed by atoms with Crippen molar-refractivity contribution in [1.29, 1.82) is 0 Å². The first-order chi connectivity index (χ1) is 45.2. The molecule has 0 radical (unpaired) electrons. The average Bonchev–Trinajstić information content (AvgIpc) is 1.19. The molecular formula is C75H146O17P2. The lowest BCUT2D eigenvalue weighted by Crippen LogP contribution is -2.30. The van der Waals surface area contributed by atoms with Crippen molar-refractivity contribution < 1.29 is 80.2 Å². The van der Waals surface area contributed by atoms with Gasteiger partial charge in [-0.25, -0.2) is 9.13 Å². The summed E-state index contributed by atoms with van der Waals surface area (Å²) < 4.78 is 68.5. The Hall–Kier alpha value is -1.94. The van der Waals surface area contributed by atoms with E-state index < -0.39 is 97.5 Å². The fourth-order valence-electron chi connectivity index (χ4n) is 11.4. The van der Waals surface area contributed by atoms with Crippen LogP contribution in [0.5, 0.6) is 0 Å². The summed E-state index contributed by atoms with van der Waals surface area (Å²) in [6.07, 6.45) is 51.2. The molecule has 0 saturated carbocycles. The maximum absolute atomic E-state index is 13.1. The minimum atomic E-state index is -4.96. The number of phosphoric acid groups is 2. The van der Waals surface area contributed by atoms with Crippen molar-refractivity contribution in [3.8, 4) is 0 Å². The van der Waals surface area contributed by atoms with Gasteiger partial charge in [0.05, 0.1) is 26.4 Å². The summed E-state index contributed by atoms with van der Waals surface area (Å²) in [5.41, 5.74) is 0. The maximum atomic E-state index is 13.1. The van der Waals surface area contributed by atoms with Crippen LogP contribution in [0.25, 0.3) is 0 Å². The highest BCUT2D eigenvalue weighted by Gasteiger charge is 2.30. The molecule has 0 aliphatic heterocycles. The summed E-state index contributed by atoms with van der Waals surface area (Å²) >= 11 is 0. The number of hydrogen-bond acceptors (Lipinski definition) is 15. The Morgan fingerprint density at radius 2 is 0.489 bits per heavy atom. The summed E-state index contributed by atoms with van der Waals surface area (Å²) in [4.78, 5) is 72.8. The van der Waals surface area contributed by atoms with Gasteiger partial charge < -0.3 is 33.8 Å². The van der Waals surface area contributed by atoms with Crippen LogP contribution >= 0.6 is 15.6 Å². The highest BCUT2D eigenvalue weighted by atomic mass is 31.2. The summed E-state index contributed by atoms with van der Waals surface area (Å²) in [6, 6.07) is 0. The fourth-order valence-corrected chi connectivity index (χ4v) is 13.0. The van der Waals surface area contributed by atoms with Crippen molar-refractivity contribution in [1.82, 2.24) is 0 Å². The van der Waals surface area contributed by atoms with Crippen molar-refractivity contribution in [3.05, 3.63) is 0 Å². The van der Waals surface area contributed by atoms with Gasteiger partial charge in [-0.2, -0.15) is 0 Å². The smallest absolute Gasteiger partial charge is 0.462 e. The second-order valence-electron chi connectivity index (χ2n) is 28.5. The van der Waals surface area contributed by atoms with Crippen LogP contribution < -0.4 is 0 Å². The van der Waals surface area contributed by atoms with Gasteiger partial charge in [-0.1, -0.05) is 331 Å². The molecular weight excluding hydrogens is 1230 g/mol. The van der Waals surface area contributed by atoms with E-state index in [2.05, 4.69) is 48.5 Å². The molecule has 2 unspecified atom stereocenters. The topological polar surface area (TPSA) is 237 Å². The van der Waals surface area contributed by atoms with Crippen molar-refractivity contribution in [2.45, 2.75) is 401 Å². The summed E-state index contributed by atoms with van der Waals surface area (Å²) in [5, 5.41) is 10.6. The Kier molecular flexibility index (Phi) is 64.3. The molecule has 0 saturated heterocycles. The third kappa shape index (κ3) is 68.6. The molecule has 0 fully saturated rings. The van der Waals surface area contributed by atoms with Crippen molar-refractivity contribution in [2.75, 3.05) is 39.6 Å². The minimum Gasteiger partial charge on any atom is -0.462 e. The molecule has 0 aromatic heterocycles. The molecule has 94 heavy (non-hydrogen) atoms. The minimum absolute atomic E-state index is 0.106. The molecule has 0 aromatic rings. The van der Waals surface area contributed by atoms with E-state index in [1.807, 2.05) is 0 Å². The van der Waals surface area contributed by atoms with Crippen molar-refractivity contribution in [2.24, 2.45) is 17.8 Å². The number of rotatable bonds is 73. The van der Waals surface area contributed by atoms with Crippen molar-refractivity contribution >= 4 is 39.5 Å². The zero-order valence-electron chi connectivity index (χ0n) is 61.4. The van der Waals surface area contributed by atoms with Gasteiger partial charge >= 0.3 is 39.5 Å². The lowest BCUT2D eigenvalue weighted by Gasteiger charge is -2.21. The second kappa shape index (κ2) is 65.7. The van der Waals surface area contributed by atoms with Crippen LogP contribution in [0.4, 0.5) is 0 Å². The number of aliphatic hydroxyl groups excluding tert-OH is 1. The molecule has 0 rings (SSSR count). The van der Waals surface area contributed by atoms with E-state index in [-0.39, 0.29) is 25.7 Å². The van der Waals surface area contributed by atoms with E-state index in [4.69, 9.17) is 37.0 Å². The highest BCUT2D eigenvalue weighted by Crippen LogP contribution is 2.45. The number of ether oxygens (including phenoxy) is 4. The molecule has 0 heterocycles. The van der Waals surface area contributed by atoms with E-state index in [0.29, 0.717) is 25.7 Å². The lowest BCUT2D eigenvalue weighted by atomic mass is 10.0. The molecule has 0 aliphatic rings. The van der Waals surface area contributed by atoms with Crippen LogP contribution in [0.3, 0.4) is 0 Å². The number of phosphoric ester groups is 2. The van der Waals surface area contributed by atoms with Gasteiger partial charge in [0.15, 0.2) is 12.2 Å². The number of hydrogen-bond donors (Lipinski definition) is 3. The Bertz CT molecular complexity index is 1840. The van der Waals surface area contributed by atoms with E-state index >= 15 is 0 Å². The van der Waals surface area contributed by atoms with Gasteiger partial charge in [-0.05, 0) is 43.4 Å². The Morgan fingerprint density at radius 1 is 0.287 bits per heavy atom. The number of esters is 4. The summed E-state index contributed by atoms with van der Waals surface area (Å²) in [7, 11) is -9.91. The number of unbranched alkanes of at least 4 members (excludes halogenated alkanes) is 41. The lowest BCUT2D eigenvalue weighted by molar-refractivity contribution is -0.161. The first-order valence-corrected chi connectivity index (χ1v) is 41.8. The van der Waals surface area contributed by atoms with Crippen LogP contribution in [0.15, 0.2) is 0 Å². The normalized spacial score (nSPS) is 14.1. The van der Waals surface area contributed by atoms with Gasteiger partial charge in [0.2, 0.25) is 0 Å². The first-order valence-electron chi connectivity index (χ1n) is 38.8. The maximum Gasteiger partial charge on any atom is 0.472 e. The van der Waals surface area contributed by atoms with Gasteiger partial charge in [0.1, 0.15) is 19.3 Å². The largest absolute Gasteiger partial charge is 0.472 e. The van der Waals surface area contributed by atoms with Crippen molar-refractivity contribution in [3.63, 3.8) is 0 Å². The standard InChI is InChI=1S/C75H146O17P2/c1-8-9-10-11-12-13-14-15-16-17-18-30-37-44-51-58-74(79)91-70(62-85-72(77)56-49-42-35-28-22-19-25-32-39-46-53-66(2)3)64-89-93(81,82)87-60-69(76)61-88-94(83,84)90-65-71(92-75(80)59-52-45-38-31-24-21-27-34-41-48-55-68(6)7)63-86-73(78)57-50-43-36-29-23-20-26-33-40-47-54-67(4)5/h66-71,76H,8-65H2,1-7H3,(H,81,82)(H,83,84)/t69-,70-,71-/m1/s1. The van der Waals surface area contributed by atoms with Crippen LogP contribution in [-0.2, 0) is 65.4 Å². The van der Waals surface area contributed by atoms with Crippen LogP contribution in [0, 0.1) is 17.8 Å². The first kappa shape index (κ1) is 92.1. The molecule has 19 heteroatoms. The predicted octanol–water partition coefficient (Wildman–Crippen LogP) is 21.8. The highest BCUT2D eigenvalue weighted by molar-refractivity contribution is 7.47. The molecule has 5 atom stereocenters. The molecule has 0 aliphatic carbocycles. The van der Waals surface area contributed by atoms with E-state index in [1.54, 1.807) is 0 Å². The molecule has 3 N–H and O–H groups in total. The van der Waals surface area contributed by atoms with Crippen LogP contribution in [0.2, 0.25) is 0 Å². The number of carbonyl (C=O) groups is 4. The van der Waals surface area contributed by atoms with Gasteiger partial charge in [0, 0.05) is 25.7 Å². The molecule has 0 amide bonds. The third-order valence-corrected chi connectivity index (χ3v) is 19.3. The quantitative estimate of drug-likeness (QED) is 0.0222. The zero-order chi connectivity index (χ0) is 69.4. The molecule has 17 nitrogen and oxygen atoms in total. The van der Waals surface area contributed by atoms with Gasteiger partial charge in [-0.15, -0.1) is 0 Å². The van der Waals surface area contributed by atoms with E-state index in [0.717, 1.165) is 108 Å². The molecule has 0 aromatic carbocycles. The summed E-state index contributed by atoms with van der Waals surface area (Å²) in [6.45, 7) is 11.9. The Balaban J connectivity index is 5.27. The molecule has 0 spiro atoms. The average molecular weight is 1380 g/mol. The monoisotopic (exact) mass is 1380 g/mol. The number of carbonyl (C=O) groups excluding carboxylic acids is 4. The van der Waals surface area contributed by atoms with Gasteiger partial charge in [-0.3, -0.25) is 37.3 Å². The Morgan fingerprint density at radius 3 is 0.723 bits per heavy atom. The molecule has 0 bridgehead atoms. The predicted molar refractivity (Wildman–Crippen MR) is 381 cm³/mol. The van der Waals surface area contributed by atoms with Gasteiger partial charge in [0.25, 0.3) is 0 Å². The fraction of sp³-hybridized carbons (Fsp3) is 0.947. The van der Waals surface area contributed by atoms with Crippen LogP contribution in [-0.4, -0.2) is 96.7 Å². The van der Waals surface area contributed by atoms with Crippen LogP contribution in [0.1, 0.15) is 382 Å².